The van der Waals surface area contributed by atoms with Gasteiger partial charge in [0.15, 0.2) is 0 Å². The summed E-state index contributed by atoms with van der Waals surface area (Å²) in [5.41, 5.74) is 12.0. The Morgan fingerprint density at radius 1 is 0.803 bits per heavy atom. The van der Waals surface area contributed by atoms with Crippen molar-refractivity contribution in [3.8, 4) is 0 Å². The van der Waals surface area contributed by atoms with Crippen LogP contribution in [0, 0.1) is 11.3 Å². The highest BCUT2D eigenvalue weighted by molar-refractivity contribution is 7.88. The Balaban J connectivity index is 0.00000130. The van der Waals surface area contributed by atoms with Crippen molar-refractivity contribution in [3.05, 3.63) is 71.8 Å². The van der Waals surface area contributed by atoms with Crippen molar-refractivity contribution in [2.45, 2.75) is 95.1 Å². The molecule has 0 saturated carbocycles. The number of nitrogens with two attached hydrogens (primary N) is 2. The molecule has 0 bridgehead atoms. The van der Waals surface area contributed by atoms with E-state index < -0.39 is 87.8 Å². The second-order valence-electron chi connectivity index (χ2n) is 15.9. The van der Waals surface area contributed by atoms with E-state index in [0.717, 1.165) is 26.6 Å². The quantitative estimate of drug-likeness (QED) is 0.0944. The SMILES string of the molecule is CC(C)C[C@@H](NC(=O)[C@@H](Cc1ccccc1)NC(=O)[C@H](N)Cc1ccccc1)C(=O)N[C@H](CCCCN)C(=O)N1CCC2(CN(S(C)(=O)=O)C2)C(F)(F)C1.O=C(O)C(F)(F)F. The molecule has 4 atom stereocenters. The van der Waals surface area contributed by atoms with Crippen LogP contribution in [0.3, 0.4) is 0 Å². The number of hydrogen-bond acceptors (Lipinski definition) is 9. The predicted octanol–water partition coefficient (Wildman–Crippen LogP) is 2.19. The van der Waals surface area contributed by atoms with E-state index in [2.05, 4.69) is 16.0 Å². The van der Waals surface area contributed by atoms with Crippen LogP contribution in [-0.4, -0.2) is 128 Å². The number of carboxylic acids is 1. The number of amides is 4. The zero-order chi connectivity index (χ0) is 45.8. The third-order valence-corrected chi connectivity index (χ3v) is 11.7. The molecule has 2 aliphatic heterocycles. The molecule has 1 spiro atoms. The fourth-order valence-corrected chi connectivity index (χ4v) is 7.94. The van der Waals surface area contributed by atoms with Gasteiger partial charge in [-0.05, 0) is 62.1 Å². The minimum absolute atomic E-state index is 0.0330. The van der Waals surface area contributed by atoms with Gasteiger partial charge >= 0.3 is 12.1 Å². The van der Waals surface area contributed by atoms with Crippen LogP contribution < -0.4 is 27.4 Å². The first-order chi connectivity index (χ1) is 28.4. The number of unbranched alkanes of at least 4 members (excludes halogenated alkanes) is 1. The maximum Gasteiger partial charge on any atom is 0.490 e. The van der Waals surface area contributed by atoms with E-state index in [1.165, 1.54) is 0 Å². The lowest BCUT2D eigenvalue weighted by atomic mass is 9.70. The van der Waals surface area contributed by atoms with E-state index in [-0.39, 0.29) is 57.7 Å². The highest BCUT2D eigenvalue weighted by Crippen LogP contribution is 2.50. The molecule has 2 saturated heterocycles. The summed E-state index contributed by atoms with van der Waals surface area (Å²) < 4.78 is 87.7. The van der Waals surface area contributed by atoms with Crippen molar-refractivity contribution in [3.63, 3.8) is 0 Å². The van der Waals surface area contributed by atoms with Crippen LogP contribution in [0.15, 0.2) is 60.7 Å². The molecule has 4 rings (SSSR count). The number of rotatable bonds is 18. The first kappa shape index (κ1) is 50.6. The molecule has 15 nitrogen and oxygen atoms in total. The van der Waals surface area contributed by atoms with Crippen LogP contribution in [0.1, 0.15) is 57.1 Å². The third-order valence-electron chi connectivity index (χ3n) is 10.5. The summed E-state index contributed by atoms with van der Waals surface area (Å²) in [5.74, 6) is -8.73. The maximum absolute atomic E-state index is 15.6. The Kier molecular flexibility index (Phi) is 18.2. The molecule has 340 valence electrons. The van der Waals surface area contributed by atoms with Crippen LogP contribution in [0.5, 0.6) is 0 Å². The predicted molar refractivity (Wildman–Crippen MR) is 215 cm³/mol. The van der Waals surface area contributed by atoms with E-state index in [9.17, 15) is 40.8 Å². The molecular formula is C40H56F5N7O8S. The minimum Gasteiger partial charge on any atom is -0.475 e. The number of alkyl halides is 5. The lowest BCUT2D eigenvalue weighted by Crippen LogP contribution is -2.71. The Morgan fingerprint density at radius 2 is 1.30 bits per heavy atom. The van der Waals surface area contributed by atoms with Gasteiger partial charge in [-0.3, -0.25) is 19.2 Å². The molecular weight excluding hydrogens is 834 g/mol. The lowest BCUT2D eigenvalue weighted by molar-refractivity contribution is -0.210. The molecule has 2 aliphatic rings. The summed E-state index contributed by atoms with van der Waals surface area (Å²) >= 11 is 0. The number of nitrogens with one attached hydrogen (secondary N) is 3. The van der Waals surface area contributed by atoms with E-state index in [1.54, 1.807) is 12.1 Å². The van der Waals surface area contributed by atoms with Gasteiger partial charge in [0, 0.05) is 26.1 Å². The topological polar surface area (TPSA) is 234 Å². The number of halogens is 5. The number of sulfonamides is 1. The number of carbonyl (C=O) groups is 5. The van der Waals surface area contributed by atoms with Gasteiger partial charge in [-0.15, -0.1) is 0 Å². The van der Waals surface area contributed by atoms with Crippen molar-refractivity contribution >= 4 is 39.6 Å². The molecule has 0 aliphatic carbocycles. The van der Waals surface area contributed by atoms with Crippen LogP contribution in [0.2, 0.25) is 0 Å². The van der Waals surface area contributed by atoms with Crippen LogP contribution >= 0.6 is 0 Å². The first-order valence-electron chi connectivity index (χ1n) is 19.8. The number of nitrogens with zero attached hydrogens (tertiary/aromatic N) is 2. The van der Waals surface area contributed by atoms with Gasteiger partial charge in [0.05, 0.1) is 24.3 Å². The van der Waals surface area contributed by atoms with Gasteiger partial charge in [0.25, 0.3) is 5.92 Å². The fraction of sp³-hybridized carbons (Fsp3) is 0.575. The number of aliphatic carboxylic acids is 1. The number of hydrogen-bond donors (Lipinski definition) is 6. The van der Waals surface area contributed by atoms with Gasteiger partial charge in [0.1, 0.15) is 18.1 Å². The van der Waals surface area contributed by atoms with Crippen LogP contribution in [0.25, 0.3) is 0 Å². The number of benzene rings is 2. The molecule has 21 heteroatoms. The molecule has 61 heavy (non-hydrogen) atoms. The zero-order valence-electron chi connectivity index (χ0n) is 34.3. The second-order valence-corrected chi connectivity index (χ2v) is 17.9. The zero-order valence-corrected chi connectivity index (χ0v) is 35.1. The Bertz CT molecular complexity index is 1900. The normalized spacial score (nSPS) is 18.0. The molecule has 2 aromatic carbocycles. The first-order valence-corrected chi connectivity index (χ1v) is 21.6. The van der Waals surface area contributed by atoms with Crippen LogP contribution in [0.4, 0.5) is 22.0 Å². The Labute approximate surface area is 352 Å². The Morgan fingerprint density at radius 3 is 1.77 bits per heavy atom. The Hall–Kier alpha value is -4.73. The average molecular weight is 890 g/mol. The summed E-state index contributed by atoms with van der Waals surface area (Å²) in [4.78, 5) is 64.9. The summed E-state index contributed by atoms with van der Waals surface area (Å²) in [7, 11) is -3.62. The standard InChI is InChI=1S/C38H55F2N7O6S.C2HF3O2/c1-26(2)20-31(45-35(50)32(22-28-14-8-5-9-15-28)44-33(48)29(42)21-27-12-6-4-7-13-27)34(49)43-30(16-10-11-18-41)36(51)46-19-17-37(38(39,40)25-46)23-47(24-37)54(3,52)53;3-2(4,5)1(6)7/h4-9,12-15,26,29-32H,10-11,16-25,41-42H2,1-3H3,(H,43,49)(H,44,48)(H,45,50);(H,6,7)/t29-,30-,31-,32-;/m1./s1. The van der Waals surface area contributed by atoms with Crippen molar-refractivity contribution in [2.75, 3.05) is 39.0 Å². The van der Waals surface area contributed by atoms with Crippen molar-refractivity contribution < 1.29 is 59.4 Å². The highest BCUT2D eigenvalue weighted by Gasteiger charge is 2.64. The molecule has 0 radical (unpaired) electrons. The number of carboxylic acid groups (broad SMARTS) is 1. The summed E-state index contributed by atoms with van der Waals surface area (Å²) in [5, 5.41) is 15.4. The van der Waals surface area contributed by atoms with E-state index in [1.807, 2.05) is 62.4 Å². The van der Waals surface area contributed by atoms with Crippen molar-refractivity contribution in [1.82, 2.24) is 25.2 Å². The fourth-order valence-electron chi connectivity index (χ4n) is 6.98. The number of likely N-dealkylation sites (tertiary alicyclic amines) is 1. The molecule has 2 fully saturated rings. The van der Waals surface area contributed by atoms with Gasteiger partial charge < -0.3 is 37.4 Å². The maximum atomic E-state index is 15.6. The van der Waals surface area contributed by atoms with Gasteiger partial charge in [-0.2, -0.15) is 13.2 Å². The summed E-state index contributed by atoms with van der Waals surface area (Å²) in [6.45, 7) is 2.46. The molecule has 2 heterocycles. The third kappa shape index (κ3) is 15.0. The van der Waals surface area contributed by atoms with Gasteiger partial charge in [-0.1, -0.05) is 74.5 Å². The molecule has 8 N–H and O–H groups in total. The molecule has 0 aromatic heterocycles. The van der Waals surface area contributed by atoms with Crippen LogP contribution in [-0.2, 0) is 46.8 Å². The average Bonchev–Trinajstić information content (AvgIpc) is 3.15. The summed E-state index contributed by atoms with van der Waals surface area (Å²) in [6.07, 6.45) is -2.58. The largest absolute Gasteiger partial charge is 0.490 e. The smallest absolute Gasteiger partial charge is 0.475 e. The van der Waals surface area contributed by atoms with Crippen molar-refractivity contribution in [1.29, 1.82) is 0 Å². The second kappa shape index (κ2) is 21.9. The minimum atomic E-state index is -5.08. The number of carbonyl (C=O) groups excluding carboxylic acids is 4. The monoisotopic (exact) mass is 889 g/mol. The van der Waals surface area contributed by atoms with E-state index in [4.69, 9.17) is 21.4 Å². The molecule has 4 amide bonds. The van der Waals surface area contributed by atoms with E-state index >= 15 is 8.78 Å². The lowest BCUT2D eigenvalue weighted by Gasteiger charge is -2.56. The van der Waals surface area contributed by atoms with E-state index in [0.29, 0.717) is 19.4 Å². The van der Waals surface area contributed by atoms with Gasteiger partial charge in [-0.25, -0.2) is 26.3 Å². The molecule has 0 unspecified atom stereocenters. The van der Waals surface area contributed by atoms with Crippen molar-refractivity contribution in [2.24, 2.45) is 22.8 Å². The number of piperidine rings is 1. The summed E-state index contributed by atoms with van der Waals surface area (Å²) in [6, 6.07) is 13.9. The highest BCUT2D eigenvalue weighted by atomic mass is 32.2. The van der Waals surface area contributed by atoms with Gasteiger partial charge in [0.2, 0.25) is 33.7 Å². The molecule has 2 aromatic rings.